The summed E-state index contributed by atoms with van der Waals surface area (Å²) in [4.78, 5) is 36.7. The lowest BCUT2D eigenvalue weighted by molar-refractivity contribution is -0.126. The van der Waals surface area contributed by atoms with Gasteiger partial charge in [0.25, 0.3) is 5.91 Å². The minimum absolute atomic E-state index is 0.168. The van der Waals surface area contributed by atoms with Crippen LogP contribution in [0.15, 0.2) is 60.7 Å². The summed E-state index contributed by atoms with van der Waals surface area (Å²) >= 11 is 0. The highest BCUT2D eigenvalue weighted by Crippen LogP contribution is 2.14. The maximum absolute atomic E-state index is 12.4. The third kappa shape index (κ3) is 4.08. The van der Waals surface area contributed by atoms with Crippen LogP contribution >= 0.6 is 0 Å². The van der Waals surface area contributed by atoms with E-state index in [1.165, 1.54) is 0 Å². The molecule has 0 saturated carbocycles. The molecule has 0 bridgehead atoms. The van der Waals surface area contributed by atoms with E-state index in [9.17, 15) is 14.4 Å². The molecule has 0 radical (unpaired) electrons. The first-order chi connectivity index (χ1) is 12.5. The quantitative estimate of drug-likeness (QED) is 0.764. The molecule has 2 aromatic rings. The Kier molecular flexibility index (Phi) is 5.31. The fourth-order valence-corrected chi connectivity index (χ4v) is 2.94. The van der Waals surface area contributed by atoms with Crippen LogP contribution in [0.2, 0.25) is 0 Å². The van der Waals surface area contributed by atoms with E-state index in [-0.39, 0.29) is 30.2 Å². The van der Waals surface area contributed by atoms with Crippen molar-refractivity contribution in [2.24, 2.45) is 0 Å². The number of rotatable bonds is 5. The van der Waals surface area contributed by atoms with E-state index >= 15 is 0 Å². The topological polar surface area (TPSA) is 87.3 Å². The summed E-state index contributed by atoms with van der Waals surface area (Å²) in [5.74, 6) is -0.933. The monoisotopic (exact) mass is 351 g/mol. The molecular formula is C20H21N3O3. The third-order valence-corrected chi connectivity index (χ3v) is 4.42. The summed E-state index contributed by atoms with van der Waals surface area (Å²) in [6.45, 7) is 1.89. The number of carbonyl (C=O) groups is 3. The molecular weight excluding hydrogens is 330 g/mol. The van der Waals surface area contributed by atoms with Gasteiger partial charge in [0.05, 0.1) is 6.04 Å². The van der Waals surface area contributed by atoms with E-state index in [2.05, 4.69) is 16.0 Å². The Morgan fingerprint density at radius 3 is 2.31 bits per heavy atom. The van der Waals surface area contributed by atoms with Crippen LogP contribution in [0.5, 0.6) is 0 Å². The van der Waals surface area contributed by atoms with E-state index in [0.29, 0.717) is 5.56 Å². The summed E-state index contributed by atoms with van der Waals surface area (Å²) in [5, 5.41) is 8.23. The van der Waals surface area contributed by atoms with Gasteiger partial charge in [0.2, 0.25) is 11.8 Å². The number of carbonyl (C=O) groups excluding carboxylic acids is 3. The molecule has 26 heavy (non-hydrogen) atoms. The van der Waals surface area contributed by atoms with Crippen molar-refractivity contribution >= 4 is 17.7 Å². The fourth-order valence-electron chi connectivity index (χ4n) is 2.94. The summed E-state index contributed by atoms with van der Waals surface area (Å²) in [6, 6.07) is 16.7. The van der Waals surface area contributed by atoms with Gasteiger partial charge in [-0.15, -0.1) is 0 Å². The molecule has 3 N–H and O–H groups in total. The highest BCUT2D eigenvalue weighted by Gasteiger charge is 2.37. The SMILES string of the molecule is C[C@@H](NC(=O)[C@@H]1C[C@H](NC(=O)c2ccccc2)C(=O)N1)c1ccccc1. The average Bonchev–Trinajstić information content (AvgIpc) is 3.03. The average molecular weight is 351 g/mol. The maximum Gasteiger partial charge on any atom is 0.251 e. The Morgan fingerprint density at radius 1 is 1.04 bits per heavy atom. The molecule has 1 saturated heterocycles. The maximum atomic E-state index is 12.4. The van der Waals surface area contributed by atoms with Gasteiger partial charge in [-0.05, 0) is 24.6 Å². The zero-order valence-corrected chi connectivity index (χ0v) is 14.4. The van der Waals surface area contributed by atoms with Gasteiger partial charge >= 0.3 is 0 Å². The molecule has 6 heteroatoms. The van der Waals surface area contributed by atoms with Crippen LogP contribution in [-0.2, 0) is 9.59 Å². The Bertz CT molecular complexity index is 792. The van der Waals surface area contributed by atoms with E-state index < -0.39 is 12.1 Å². The predicted molar refractivity (Wildman–Crippen MR) is 97.2 cm³/mol. The Morgan fingerprint density at radius 2 is 1.65 bits per heavy atom. The van der Waals surface area contributed by atoms with E-state index in [1.54, 1.807) is 24.3 Å². The summed E-state index contributed by atoms with van der Waals surface area (Å²) < 4.78 is 0. The fraction of sp³-hybridized carbons (Fsp3) is 0.250. The predicted octanol–water partition coefficient (Wildman–Crippen LogP) is 1.55. The van der Waals surface area contributed by atoms with Gasteiger partial charge in [0.1, 0.15) is 12.1 Å². The molecule has 1 fully saturated rings. The van der Waals surface area contributed by atoms with Gasteiger partial charge in [0, 0.05) is 12.0 Å². The van der Waals surface area contributed by atoms with E-state index in [0.717, 1.165) is 5.56 Å². The molecule has 1 aliphatic heterocycles. The van der Waals surface area contributed by atoms with Crippen molar-refractivity contribution in [3.05, 3.63) is 71.8 Å². The molecule has 2 aromatic carbocycles. The standard InChI is InChI=1S/C20H21N3O3/c1-13(14-8-4-2-5-9-14)21-19(25)16-12-17(20(26)23-16)22-18(24)15-10-6-3-7-11-15/h2-11,13,16-17H,12H2,1H3,(H,21,25)(H,22,24)(H,23,26)/t13-,16+,17+/m1/s1. The normalized spacial score (nSPS) is 20.1. The van der Waals surface area contributed by atoms with Crippen molar-refractivity contribution in [1.82, 2.24) is 16.0 Å². The Balaban J connectivity index is 1.57. The van der Waals surface area contributed by atoms with Gasteiger partial charge < -0.3 is 16.0 Å². The summed E-state index contributed by atoms with van der Waals surface area (Å²) in [7, 11) is 0. The van der Waals surface area contributed by atoms with Crippen LogP contribution in [0.3, 0.4) is 0 Å². The molecule has 0 aliphatic carbocycles. The van der Waals surface area contributed by atoms with Crippen molar-refractivity contribution < 1.29 is 14.4 Å². The molecule has 134 valence electrons. The number of benzene rings is 2. The van der Waals surface area contributed by atoms with Crippen LogP contribution in [0, 0.1) is 0 Å². The molecule has 0 spiro atoms. The van der Waals surface area contributed by atoms with Crippen LogP contribution in [0.25, 0.3) is 0 Å². The lowest BCUT2D eigenvalue weighted by atomic mass is 10.1. The van der Waals surface area contributed by atoms with Crippen LogP contribution in [0.1, 0.15) is 35.3 Å². The van der Waals surface area contributed by atoms with Gasteiger partial charge in [-0.3, -0.25) is 14.4 Å². The second-order valence-corrected chi connectivity index (χ2v) is 6.33. The minimum atomic E-state index is -0.717. The van der Waals surface area contributed by atoms with Crippen LogP contribution in [-0.4, -0.2) is 29.8 Å². The number of hydrogen-bond acceptors (Lipinski definition) is 3. The molecule has 3 amide bonds. The van der Waals surface area contributed by atoms with E-state index in [4.69, 9.17) is 0 Å². The lowest BCUT2D eigenvalue weighted by Crippen LogP contribution is -2.42. The van der Waals surface area contributed by atoms with Crippen molar-refractivity contribution in [3.63, 3.8) is 0 Å². The second kappa shape index (κ2) is 7.82. The minimum Gasteiger partial charge on any atom is -0.348 e. The second-order valence-electron chi connectivity index (χ2n) is 6.33. The highest BCUT2D eigenvalue weighted by molar-refractivity contribution is 6.00. The lowest BCUT2D eigenvalue weighted by Gasteiger charge is -2.17. The molecule has 3 rings (SSSR count). The zero-order chi connectivity index (χ0) is 18.5. The van der Waals surface area contributed by atoms with Crippen molar-refractivity contribution in [1.29, 1.82) is 0 Å². The van der Waals surface area contributed by atoms with Crippen molar-refractivity contribution in [3.8, 4) is 0 Å². The Hall–Kier alpha value is -3.15. The van der Waals surface area contributed by atoms with E-state index in [1.807, 2.05) is 43.3 Å². The largest absolute Gasteiger partial charge is 0.348 e. The summed E-state index contributed by atoms with van der Waals surface area (Å²) in [6.07, 6.45) is 0.227. The number of amides is 3. The first kappa shape index (κ1) is 17.7. The van der Waals surface area contributed by atoms with Crippen molar-refractivity contribution in [2.75, 3.05) is 0 Å². The molecule has 6 nitrogen and oxygen atoms in total. The van der Waals surface area contributed by atoms with Gasteiger partial charge in [0.15, 0.2) is 0 Å². The highest BCUT2D eigenvalue weighted by atomic mass is 16.2. The van der Waals surface area contributed by atoms with Gasteiger partial charge in [-0.2, -0.15) is 0 Å². The van der Waals surface area contributed by atoms with Crippen molar-refractivity contribution in [2.45, 2.75) is 31.5 Å². The smallest absolute Gasteiger partial charge is 0.251 e. The van der Waals surface area contributed by atoms with Crippen LogP contribution in [0.4, 0.5) is 0 Å². The van der Waals surface area contributed by atoms with Gasteiger partial charge in [-0.1, -0.05) is 48.5 Å². The zero-order valence-electron chi connectivity index (χ0n) is 14.4. The molecule has 0 aromatic heterocycles. The molecule has 1 aliphatic rings. The number of nitrogens with one attached hydrogen (secondary N) is 3. The van der Waals surface area contributed by atoms with Crippen LogP contribution < -0.4 is 16.0 Å². The van der Waals surface area contributed by atoms with Gasteiger partial charge in [-0.25, -0.2) is 0 Å². The first-order valence-corrected chi connectivity index (χ1v) is 8.56. The molecule has 0 unspecified atom stereocenters. The third-order valence-electron chi connectivity index (χ3n) is 4.42. The summed E-state index contributed by atoms with van der Waals surface area (Å²) in [5.41, 5.74) is 1.46. The molecule has 1 heterocycles. The first-order valence-electron chi connectivity index (χ1n) is 8.56. The Labute approximate surface area is 152 Å². The molecule has 3 atom stereocenters. The number of hydrogen-bond donors (Lipinski definition) is 3.